The molecule has 1 saturated carbocycles. The standard InChI is InChI=1S/C20H25NO4/c1-6-14(23)19-15(24)7-13(8-16(19)25)18-9(2)17(12(5)22)10(3)20(21)11(18)4/h13,19H,6-8,21H2,1-5H3. The maximum absolute atomic E-state index is 12.4. The van der Waals surface area contributed by atoms with Crippen molar-refractivity contribution in [3.63, 3.8) is 0 Å². The molecule has 5 nitrogen and oxygen atoms in total. The Bertz CT molecular complexity index is 774. The van der Waals surface area contributed by atoms with Gasteiger partial charge in [0.15, 0.2) is 23.1 Å². The molecule has 0 radical (unpaired) electrons. The van der Waals surface area contributed by atoms with Crippen LogP contribution in [0.2, 0.25) is 0 Å². The lowest BCUT2D eigenvalue weighted by molar-refractivity contribution is -0.142. The van der Waals surface area contributed by atoms with Crippen LogP contribution in [0.25, 0.3) is 0 Å². The number of nitrogen functional groups attached to an aromatic ring is 1. The molecule has 25 heavy (non-hydrogen) atoms. The summed E-state index contributed by atoms with van der Waals surface area (Å²) in [5.74, 6) is -2.49. The van der Waals surface area contributed by atoms with E-state index < -0.39 is 5.92 Å². The third kappa shape index (κ3) is 3.15. The molecule has 1 aromatic rings. The number of carbonyl (C=O) groups is 4. The summed E-state index contributed by atoms with van der Waals surface area (Å²) in [4.78, 5) is 48.8. The molecule has 0 atom stereocenters. The first-order chi connectivity index (χ1) is 11.6. The molecule has 1 aromatic carbocycles. The van der Waals surface area contributed by atoms with Crippen LogP contribution < -0.4 is 5.73 Å². The van der Waals surface area contributed by atoms with Gasteiger partial charge in [-0.1, -0.05) is 6.92 Å². The van der Waals surface area contributed by atoms with E-state index in [0.717, 1.165) is 22.3 Å². The molecule has 134 valence electrons. The fraction of sp³-hybridized carbons (Fsp3) is 0.500. The summed E-state index contributed by atoms with van der Waals surface area (Å²) in [5.41, 5.74) is 10.4. The fourth-order valence-corrected chi connectivity index (χ4v) is 4.14. The third-order valence-corrected chi connectivity index (χ3v) is 5.34. The van der Waals surface area contributed by atoms with Crippen molar-refractivity contribution < 1.29 is 19.2 Å². The number of anilines is 1. The minimum atomic E-state index is -1.11. The van der Waals surface area contributed by atoms with E-state index in [0.29, 0.717) is 11.3 Å². The lowest BCUT2D eigenvalue weighted by Crippen LogP contribution is -2.38. The minimum absolute atomic E-state index is 0.0875. The Morgan fingerprint density at radius 1 is 1.00 bits per heavy atom. The monoisotopic (exact) mass is 343 g/mol. The largest absolute Gasteiger partial charge is 0.398 e. The molecule has 0 aromatic heterocycles. The molecule has 0 unspecified atom stereocenters. The van der Waals surface area contributed by atoms with Crippen LogP contribution in [0.15, 0.2) is 0 Å². The van der Waals surface area contributed by atoms with Crippen LogP contribution in [-0.4, -0.2) is 23.1 Å². The van der Waals surface area contributed by atoms with Gasteiger partial charge in [-0.15, -0.1) is 0 Å². The smallest absolute Gasteiger partial charge is 0.160 e. The number of carbonyl (C=O) groups excluding carboxylic acids is 4. The Balaban J connectivity index is 2.54. The van der Waals surface area contributed by atoms with Crippen LogP contribution in [0.3, 0.4) is 0 Å². The van der Waals surface area contributed by atoms with Gasteiger partial charge in [-0.25, -0.2) is 0 Å². The van der Waals surface area contributed by atoms with Crippen molar-refractivity contribution in [2.24, 2.45) is 5.92 Å². The van der Waals surface area contributed by atoms with Crippen LogP contribution in [0.5, 0.6) is 0 Å². The fourth-order valence-electron chi connectivity index (χ4n) is 4.14. The molecule has 1 aliphatic rings. The minimum Gasteiger partial charge on any atom is -0.398 e. The summed E-state index contributed by atoms with van der Waals surface area (Å²) < 4.78 is 0. The number of hydrogen-bond acceptors (Lipinski definition) is 5. The number of nitrogens with two attached hydrogens (primary N) is 1. The van der Waals surface area contributed by atoms with Crippen molar-refractivity contribution in [1.29, 1.82) is 0 Å². The first-order valence-electron chi connectivity index (χ1n) is 8.59. The Hall–Kier alpha value is -2.30. The van der Waals surface area contributed by atoms with E-state index in [2.05, 4.69) is 0 Å². The number of ketones is 4. The summed E-state index contributed by atoms with van der Waals surface area (Å²) in [7, 11) is 0. The first kappa shape index (κ1) is 19.0. The summed E-state index contributed by atoms with van der Waals surface area (Å²) in [6, 6.07) is 0. The summed E-state index contributed by atoms with van der Waals surface area (Å²) >= 11 is 0. The average molecular weight is 343 g/mol. The molecule has 0 spiro atoms. The quantitative estimate of drug-likeness (QED) is 0.515. The normalized spacial score (nSPS) is 20.7. The van der Waals surface area contributed by atoms with E-state index in [-0.39, 0.29) is 48.3 Å². The van der Waals surface area contributed by atoms with Crippen molar-refractivity contribution in [2.45, 2.75) is 59.8 Å². The van der Waals surface area contributed by atoms with Crippen LogP contribution in [0.4, 0.5) is 5.69 Å². The molecule has 0 saturated heterocycles. The van der Waals surface area contributed by atoms with E-state index in [9.17, 15) is 19.2 Å². The van der Waals surface area contributed by atoms with Gasteiger partial charge < -0.3 is 5.73 Å². The van der Waals surface area contributed by atoms with Gasteiger partial charge in [-0.3, -0.25) is 19.2 Å². The highest BCUT2D eigenvalue weighted by molar-refractivity contribution is 6.21. The second kappa shape index (κ2) is 6.90. The molecule has 5 heteroatoms. The van der Waals surface area contributed by atoms with Gasteiger partial charge in [0.25, 0.3) is 0 Å². The Labute approximate surface area is 148 Å². The van der Waals surface area contributed by atoms with Crippen molar-refractivity contribution in [3.8, 4) is 0 Å². The van der Waals surface area contributed by atoms with Crippen molar-refractivity contribution in [2.75, 3.05) is 5.73 Å². The zero-order valence-corrected chi connectivity index (χ0v) is 15.5. The van der Waals surface area contributed by atoms with Crippen molar-refractivity contribution in [1.82, 2.24) is 0 Å². The van der Waals surface area contributed by atoms with Crippen LogP contribution in [0.1, 0.15) is 71.6 Å². The summed E-state index contributed by atoms with van der Waals surface area (Å²) in [5, 5.41) is 0. The van der Waals surface area contributed by atoms with Crippen LogP contribution >= 0.6 is 0 Å². The molecule has 2 rings (SSSR count). The van der Waals surface area contributed by atoms with Gasteiger partial charge in [0.05, 0.1) is 0 Å². The number of rotatable bonds is 4. The number of Topliss-reactive ketones (excluding diaryl/α,β-unsaturated/α-hetero) is 4. The SMILES string of the molecule is CCC(=O)C1C(=O)CC(c2c(C)c(N)c(C)c(C(C)=O)c2C)CC1=O. The predicted octanol–water partition coefficient (Wildman–Crippen LogP) is 3.01. The Kier molecular flexibility index (Phi) is 5.26. The second-order valence-corrected chi connectivity index (χ2v) is 6.92. The van der Waals surface area contributed by atoms with Gasteiger partial charge >= 0.3 is 0 Å². The maximum Gasteiger partial charge on any atom is 0.160 e. The van der Waals surface area contributed by atoms with Crippen LogP contribution in [-0.2, 0) is 14.4 Å². The molecular weight excluding hydrogens is 318 g/mol. The Morgan fingerprint density at radius 2 is 1.52 bits per heavy atom. The molecule has 0 heterocycles. The first-order valence-corrected chi connectivity index (χ1v) is 8.59. The van der Waals surface area contributed by atoms with Gasteiger partial charge in [0, 0.05) is 30.5 Å². The lowest BCUT2D eigenvalue weighted by Gasteiger charge is -2.30. The summed E-state index contributed by atoms with van der Waals surface area (Å²) in [6.07, 6.45) is 0.435. The average Bonchev–Trinajstić information content (AvgIpc) is 2.51. The molecular formula is C20H25NO4. The number of hydrogen-bond donors (Lipinski definition) is 1. The van der Waals surface area contributed by atoms with Gasteiger partial charge in [-0.05, 0) is 55.9 Å². The highest BCUT2D eigenvalue weighted by Gasteiger charge is 2.40. The lowest BCUT2D eigenvalue weighted by atomic mass is 9.72. The van der Waals surface area contributed by atoms with Crippen molar-refractivity contribution in [3.05, 3.63) is 27.8 Å². The topological polar surface area (TPSA) is 94.3 Å². The summed E-state index contributed by atoms with van der Waals surface area (Å²) in [6.45, 7) is 8.64. The predicted molar refractivity (Wildman–Crippen MR) is 95.8 cm³/mol. The van der Waals surface area contributed by atoms with Crippen molar-refractivity contribution >= 4 is 28.8 Å². The molecule has 2 N–H and O–H groups in total. The van der Waals surface area contributed by atoms with Crippen LogP contribution in [0, 0.1) is 26.7 Å². The zero-order valence-electron chi connectivity index (χ0n) is 15.5. The van der Waals surface area contributed by atoms with E-state index in [4.69, 9.17) is 5.73 Å². The molecule has 0 aliphatic heterocycles. The van der Waals surface area contributed by atoms with E-state index in [1.165, 1.54) is 6.92 Å². The van der Waals surface area contributed by atoms with Gasteiger partial charge in [0.1, 0.15) is 5.92 Å². The van der Waals surface area contributed by atoms with Gasteiger partial charge in [0.2, 0.25) is 0 Å². The molecule has 1 aliphatic carbocycles. The van der Waals surface area contributed by atoms with E-state index in [1.54, 1.807) is 6.92 Å². The van der Waals surface area contributed by atoms with E-state index in [1.807, 2.05) is 20.8 Å². The van der Waals surface area contributed by atoms with E-state index >= 15 is 0 Å². The zero-order chi connectivity index (χ0) is 19.0. The molecule has 0 amide bonds. The van der Waals surface area contributed by atoms with Gasteiger partial charge in [-0.2, -0.15) is 0 Å². The molecule has 1 fully saturated rings. The highest BCUT2D eigenvalue weighted by atomic mass is 16.2. The number of benzene rings is 1. The second-order valence-electron chi connectivity index (χ2n) is 6.92. The highest BCUT2D eigenvalue weighted by Crippen LogP contribution is 2.40. The Morgan fingerprint density at radius 3 is 1.96 bits per heavy atom. The molecule has 0 bridgehead atoms. The third-order valence-electron chi connectivity index (χ3n) is 5.34. The maximum atomic E-state index is 12.4.